The van der Waals surface area contributed by atoms with Crippen LogP contribution in [0, 0.1) is 0 Å². The highest BCUT2D eigenvalue weighted by Gasteiger charge is 2.20. The molecule has 3 N–H and O–H groups in total. The van der Waals surface area contributed by atoms with Crippen LogP contribution in [0.1, 0.15) is 36.2 Å². The summed E-state index contributed by atoms with van der Waals surface area (Å²) in [5, 5.41) is 12.4. The minimum atomic E-state index is -3.96. The molecule has 33 heavy (non-hydrogen) atoms. The lowest BCUT2D eigenvalue weighted by molar-refractivity contribution is 0.0696. The Bertz CT molecular complexity index is 1040. The molecule has 0 heterocycles. The predicted molar refractivity (Wildman–Crippen MR) is 126 cm³/mol. The lowest BCUT2D eigenvalue weighted by Gasteiger charge is -2.15. The van der Waals surface area contributed by atoms with E-state index in [1.54, 1.807) is 19.2 Å². The normalized spacial score (nSPS) is 11.4. The molecule has 0 aliphatic heterocycles. The van der Waals surface area contributed by atoms with Gasteiger partial charge in [-0.25, -0.2) is 17.9 Å². The number of methoxy groups -OCH3 is 2. The van der Waals surface area contributed by atoms with Crippen molar-refractivity contribution in [2.24, 2.45) is 0 Å². The number of hydrogen-bond donors (Lipinski definition) is 3. The molecular formula is C23H32N2O7S. The lowest BCUT2D eigenvalue weighted by Crippen LogP contribution is -2.27. The zero-order chi connectivity index (χ0) is 24.4. The number of carbonyl (C=O) groups is 1. The number of sulfonamides is 1. The molecule has 0 unspecified atom stereocenters. The highest BCUT2D eigenvalue weighted by Crippen LogP contribution is 2.28. The van der Waals surface area contributed by atoms with E-state index in [9.17, 15) is 18.3 Å². The predicted octanol–water partition coefficient (Wildman–Crippen LogP) is 3.15. The van der Waals surface area contributed by atoms with Crippen LogP contribution in [0.4, 0.5) is 5.69 Å². The molecule has 0 radical (unpaired) electrons. The van der Waals surface area contributed by atoms with Crippen molar-refractivity contribution in [1.29, 1.82) is 0 Å². The Balaban J connectivity index is 2.11. The van der Waals surface area contributed by atoms with Crippen LogP contribution in [-0.2, 0) is 21.2 Å². The molecule has 0 atom stereocenters. The van der Waals surface area contributed by atoms with Gasteiger partial charge in [0.15, 0.2) is 11.5 Å². The number of anilines is 1. The van der Waals surface area contributed by atoms with Gasteiger partial charge >= 0.3 is 5.97 Å². The first-order chi connectivity index (χ1) is 15.7. The Morgan fingerprint density at radius 3 is 2.39 bits per heavy atom. The van der Waals surface area contributed by atoms with Gasteiger partial charge in [-0.2, -0.15) is 0 Å². The average molecular weight is 481 g/mol. The van der Waals surface area contributed by atoms with Crippen molar-refractivity contribution in [3.05, 3.63) is 47.5 Å². The van der Waals surface area contributed by atoms with Crippen molar-refractivity contribution in [2.75, 3.05) is 39.2 Å². The van der Waals surface area contributed by atoms with Gasteiger partial charge in [0.1, 0.15) is 4.90 Å². The molecular weight excluding hydrogens is 448 g/mol. The number of carboxylic acid groups (broad SMARTS) is 1. The molecule has 0 bridgehead atoms. The zero-order valence-corrected chi connectivity index (χ0v) is 20.2. The van der Waals surface area contributed by atoms with E-state index in [1.807, 2.05) is 19.9 Å². The summed E-state index contributed by atoms with van der Waals surface area (Å²) in [5.41, 5.74) is 1.09. The van der Waals surface area contributed by atoms with E-state index in [4.69, 9.17) is 14.2 Å². The minimum absolute atomic E-state index is 0.107. The fourth-order valence-electron chi connectivity index (χ4n) is 3.08. The number of nitrogens with one attached hydrogen (secondary N) is 2. The smallest absolute Gasteiger partial charge is 0.335 e. The van der Waals surface area contributed by atoms with Crippen molar-refractivity contribution in [2.45, 2.75) is 37.7 Å². The Morgan fingerprint density at radius 1 is 1.03 bits per heavy atom. The third-order valence-corrected chi connectivity index (χ3v) is 6.26. The second kappa shape index (κ2) is 12.4. The molecule has 10 heteroatoms. The molecule has 9 nitrogen and oxygen atoms in total. The quantitative estimate of drug-likeness (QED) is 0.353. The van der Waals surface area contributed by atoms with E-state index < -0.39 is 16.0 Å². The zero-order valence-electron chi connectivity index (χ0n) is 19.4. The summed E-state index contributed by atoms with van der Waals surface area (Å²) < 4.78 is 44.5. The van der Waals surface area contributed by atoms with E-state index in [1.165, 1.54) is 19.2 Å². The summed E-state index contributed by atoms with van der Waals surface area (Å²) in [5.74, 6) is -0.0598. The van der Waals surface area contributed by atoms with Crippen LogP contribution in [0.2, 0.25) is 0 Å². The number of rotatable bonds is 14. The van der Waals surface area contributed by atoms with Gasteiger partial charge in [0.25, 0.3) is 0 Å². The van der Waals surface area contributed by atoms with Crippen LogP contribution in [0.3, 0.4) is 0 Å². The standard InChI is InChI=1S/C23H32N2O7S/c1-16(2)32-13-5-11-24-19-8-7-18(23(26)27)15-22(19)33(28,29)25-12-10-17-6-9-20(30-3)21(14-17)31-4/h6-9,14-16,24-25H,5,10-13H2,1-4H3,(H,26,27). The topological polar surface area (TPSA) is 123 Å². The second-order valence-corrected chi connectivity index (χ2v) is 9.29. The van der Waals surface area contributed by atoms with Crippen LogP contribution in [0.25, 0.3) is 0 Å². The fourth-order valence-corrected chi connectivity index (χ4v) is 4.32. The Morgan fingerprint density at radius 2 is 1.76 bits per heavy atom. The van der Waals surface area contributed by atoms with Crippen molar-refractivity contribution < 1.29 is 32.5 Å². The Labute approximate surface area is 195 Å². The average Bonchev–Trinajstić information content (AvgIpc) is 2.78. The molecule has 0 fully saturated rings. The molecule has 2 aromatic rings. The molecule has 0 aliphatic carbocycles. The van der Waals surface area contributed by atoms with E-state index in [2.05, 4.69) is 10.0 Å². The molecule has 2 rings (SSSR count). The molecule has 0 saturated heterocycles. The maximum absolute atomic E-state index is 13.0. The van der Waals surface area contributed by atoms with E-state index in [0.29, 0.717) is 43.2 Å². The van der Waals surface area contributed by atoms with Gasteiger partial charge in [0.05, 0.1) is 31.6 Å². The highest BCUT2D eigenvalue weighted by molar-refractivity contribution is 7.89. The third kappa shape index (κ3) is 7.92. The second-order valence-electron chi connectivity index (χ2n) is 7.55. The van der Waals surface area contributed by atoms with Crippen LogP contribution >= 0.6 is 0 Å². The van der Waals surface area contributed by atoms with Crippen LogP contribution < -0.4 is 19.5 Å². The SMILES string of the molecule is COc1ccc(CCNS(=O)(=O)c2cc(C(=O)O)ccc2NCCCOC(C)C)cc1OC. The van der Waals surface area contributed by atoms with E-state index >= 15 is 0 Å². The largest absolute Gasteiger partial charge is 0.493 e. The van der Waals surface area contributed by atoms with Crippen LogP contribution in [0.15, 0.2) is 41.3 Å². The van der Waals surface area contributed by atoms with Crippen LogP contribution in [0.5, 0.6) is 11.5 Å². The number of benzene rings is 2. The Kier molecular flexibility index (Phi) is 9.95. The number of ether oxygens (including phenoxy) is 3. The van der Waals surface area contributed by atoms with E-state index in [0.717, 1.165) is 11.6 Å². The van der Waals surface area contributed by atoms with Crippen molar-refractivity contribution >= 4 is 21.7 Å². The molecule has 0 saturated carbocycles. The minimum Gasteiger partial charge on any atom is -0.493 e. The van der Waals surface area contributed by atoms with Crippen molar-refractivity contribution in [3.8, 4) is 11.5 Å². The number of hydrogen-bond acceptors (Lipinski definition) is 7. The fraction of sp³-hybridized carbons (Fsp3) is 0.435. The van der Waals surface area contributed by atoms with Gasteiger partial charge in [-0.05, 0) is 62.6 Å². The number of carboxylic acids is 1. The van der Waals surface area contributed by atoms with Gasteiger partial charge in [-0.3, -0.25) is 0 Å². The van der Waals surface area contributed by atoms with Crippen LogP contribution in [-0.4, -0.2) is 59.5 Å². The third-order valence-electron chi connectivity index (χ3n) is 4.76. The summed E-state index contributed by atoms with van der Waals surface area (Å²) in [4.78, 5) is 11.3. The molecule has 182 valence electrons. The first-order valence-electron chi connectivity index (χ1n) is 10.6. The maximum Gasteiger partial charge on any atom is 0.335 e. The monoisotopic (exact) mass is 480 g/mol. The molecule has 0 amide bonds. The van der Waals surface area contributed by atoms with Gasteiger partial charge in [-0.1, -0.05) is 6.07 Å². The first-order valence-corrected chi connectivity index (χ1v) is 12.1. The van der Waals surface area contributed by atoms with Crippen molar-refractivity contribution in [1.82, 2.24) is 4.72 Å². The highest BCUT2D eigenvalue weighted by atomic mass is 32.2. The van der Waals surface area contributed by atoms with Crippen molar-refractivity contribution in [3.63, 3.8) is 0 Å². The van der Waals surface area contributed by atoms with Gasteiger partial charge in [0.2, 0.25) is 10.0 Å². The summed E-state index contributed by atoms with van der Waals surface area (Å²) in [6, 6.07) is 9.36. The lowest BCUT2D eigenvalue weighted by atomic mass is 10.1. The molecule has 0 aliphatic rings. The summed E-state index contributed by atoms with van der Waals surface area (Å²) in [6.45, 7) is 5.01. The Hall–Kier alpha value is -2.82. The number of aromatic carboxylic acids is 1. The van der Waals surface area contributed by atoms with E-state index in [-0.39, 0.29) is 23.1 Å². The maximum atomic E-state index is 13.0. The molecule has 0 spiro atoms. The summed E-state index contributed by atoms with van der Waals surface area (Å²) in [6.07, 6.45) is 1.20. The summed E-state index contributed by atoms with van der Waals surface area (Å²) >= 11 is 0. The van der Waals surface area contributed by atoms with Gasteiger partial charge < -0.3 is 24.6 Å². The first kappa shape index (κ1) is 26.4. The summed E-state index contributed by atoms with van der Waals surface area (Å²) in [7, 11) is -0.892. The molecule has 2 aromatic carbocycles. The van der Waals surface area contributed by atoms with Gasteiger partial charge in [0, 0.05) is 19.7 Å². The molecule has 0 aromatic heterocycles. The van der Waals surface area contributed by atoms with Gasteiger partial charge in [-0.15, -0.1) is 0 Å².